The zero-order valence-electron chi connectivity index (χ0n) is 9.02. The van der Waals surface area contributed by atoms with Crippen LogP contribution in [0.5, 0.6) is 0 Å². The van der Waals surface area contributed by atoms with Gasteiger partial charge in [-0.3, -0.25) is 9.89 Å². The van der Waals surface area contributed by atoms with E-state index in [1.165, 1.54) is 6.33 Å². The average Bonchev–Trinajstić information content (AvgIpc) is 2.81. The molecule has 0 aliphatic heterocycles. The Morgan fingerprint density at radius 1 is 1.56 bits per heavy atom. The van der Waals surface area contributed by atoms with Crippen molar-refractivity contribution in [2.75, 3.05) is 6.54 Å². The third kappa shape index (κ3) is 2.57. The number of nitrogens with zero attached hydrogens (tertiary/aromatic N) is 2. The topological polar surface area (TPSA) is 90.9 Å². The molecule has 0 spiro atoms. The molecule has 2 unspecified atom stereocenters. The van der Waals surface area contributed by atoms with Crippen molar-refractivity contribution in [3.05, 3.63) is 12.2 Å². The minimum absolute atomic E-state index is 0.167. The molecule has 88 valence electrons. The van der Waals surface area contributed by atoms with Crippen LogP contribution in [0.3, 0.4) is 0 Å². The van der Waals surface area contributed by atoms with Gasteiger partial charge >= 0.3 is 0 Å². The summed E-state index contributed by atoms with van der Waals surface area (Å²) in [6.07, 6.45) is 5.02. The quantitative estimate of drug-likeness (QED) is 0.678. The Bertz CT molecular complexity index is 339. The summed E-state index contributed by atoms with van der Waals surface area (Å²) in [6.45, 7) is 0.501. The van der Waals surface area contributed by atoms with Crippen molar-refractivity contribution < 1.29 is 9.90 Å². The predicted molar refractivity (Wildman–Crippen MR) is 56.7 cm³/mol. The van der Waals surface area contributed by atoms with Crippen molar-refractivity contribution in [2.45, 2.75) is 31.8 Å². The van der Waals surface area contributed by atoms with Crippen LogP contribution in [0.1, 0.15) is 36.3 Å². The van der Waals surface area contributed by atoms with E-state index in [1.807, 2.05) is 0 Å². The minimum Gasteiger partial charge on any atom is -0.393 e. The van der Waals surface area contributed by atoms with Gasteiger partial charge in [-0.25, -0.2) is 4.98 Å². The molecular formula is C10H16N4O2. The fourth-order valence-electron chi connectivity index (χ4n) is 2.05. The monoisotopic (exact) mass is 224 g/mol. The lowest BCUT2D eigenvalue weighted by atomic mass is 9.86. The Morgan fingerprint density at radius 2 is 2.38 bits per heavy atom. The summed E-state index contributed by atoms with van der Waals surface area (Å²) in [5, 5.41) is 18.6. The van der Waals surface area contributed by atoms with Crippen molar-refractivity contribution in [1.29, 1.82) is 0 Å². The van der Waals surface area contributed by atoms with Crippen molar-refractivity contribution in [3.8, 4) is 0 Å². The summed E-state index contributed by atoms with van der Waals surface area (Å²) in [5.41, 5.74) is 0. The van der Waals surface area contributed by atoms with E-state index in [4.69, 9.17) is 0 Å². The van der Waals surface area contributed by atoms with Gasteiger partial charge < -0.3 is 10.4 Å². The summed E-state index contributed by atoms with van der Waals surface area (Å²) in [5.74, 6) is 0.112. The second-order valence-corrected chi connectivity index (χ2v) is 4.16. The number of hydrogen-bond donors (Lipinski definition) is 3. The van der Waals surface area contributed by atoms with Gasteiger partial charge in [0.1, 0.15) is 6.33 Å². The van der Waals surface area contributed by atoms with Crippen molar-refractivity contribution in [3.63, 3.8) is 0 Å². The number of aromatic amines is 1. The molecule has 0 aromatic carbocycles. The van der Waals surface area contributed by atoms with E-state index >= 15 is 0 Å². The molecule has 1 fully saturated rings. The first-order valence-corrected chi connectivity index (χ1v) is 5.59. The number of carbonyl (C=O) groups excluding carboxylic acids is 1. The van der Waals surface area contributed by atoms with Gasteiger partial charge in [-0.1, -0.05) is 12.8 Å². The van der Waals surface area contributed by atoms with E-state index in [9.17, 15) is 9.90 Å². The number of H-pyrrole nitrogens is 1. The van der Waals surface area contributed by atoms with Gasteiger partial charge in [-0.05, 0) is 12.8 Å². The zero-order valence-corrected chi connectivity index (χ0v) is 9.02. The second kappa shape index (κ2) is 5.07. The summed E-state index contributed by atoms with van der Waals surface area (Å²) in [4.78, 5) is 15.3. The molecule has 1 aliphatic rings. The maximum atomic E-state index is 11.5. The van der Waals surface area contributed by atoms with Gasteiger partial charge in [0, 0.05) is 12.5 Å². The van der Waals surface area contributed by atoms with Crippen molar-refractivity contribution in [2.24, 2.45) is 5.92 Å². The van der Waals surface area contributed by atoms with Crippen LogP contribution in [-0.4, -0.2) is 38.8 Å². The third-order valence-corrected chi connectivity index (χ3v) is 3.02. The molecule has 3 N–H and O–H groups in total. The molecule has 1 aliphatic carbocycles. The largest absolute Gasteiger partial charge is 0.393 e. The molecule has 0 radical (unpaired) electrons. The minimum atomic E-state index is -0.288. The SMILES string of the molecule is O=C(NCC1CCCCC1O)c1ncn[nH]1. The number of carbonyl (C=O) groups is 1. The maximum Gasteiger partial charge on any atom is 0.288 e. The van der Waals surface area contributed by atoms with Crippen LogP contribution in [0.15, 0.2) is 6.33 Å². The number of rotatable bonds is 3. The van der Waals surface area contributed by atoms with Crippen LogP contribution >= 0.6 is 0 Å². The first-order chi connectivity index (χ1) is 7.77. The zero-order chi connectivity index (χ0) is 11.4. The van der Waals surface area contributed by atoms with Gasteiger partial charge in [0.25, 0.3) is 5.91 Å². The maximum absolute atomic E-state index is 11.5. The molecule has 0 bridgehead atoms. The van der Waals surface area contributed by atoms with Crippen LogP contribution < -0.4 is 5.32 Å². The van der Waals surface area contributed by atoms with Crippen molar-refractivity contribution >= 4 is 5.91 Å². The Morgan fingerprint density at radius 3 is 3.06 bits per heavy atom. The van der Waals surface area contributed by atoms with Crippen LogP contribution in [0.2, 0.25) is 0 Å². The molecule has 1 saturated carbocycles. The average molecular weight is 224 g/mol. The molecule has 6 nitrogen and oxygen atoms in total. The molecule has 16 heavy (non-hydrogen) atoms. The van der Waals surface area contributed by atoms with E-state index in [2.05, 4.69) is 20.5 Å². The molecule has 1 aromatic rings. The molecule has 6 heteroatoms. The van der Waals surface area contributed by atoms with Gasteiger partial charge in [0.05, 0.1) is 6.10 Å². The molecule has 2 atom stereocenters. The van der Waals surface area contributed by atoms with E-state index in [0.717, 1.165) is 25.7 Å². The fraction of sp³-hybridized carbons (Fsp3) is 0.700. The third-order valence-electron chi connectivity index (χ3n) is 3.02. The smallest absolute Gasteiger partial charge is 0.288 e. The summed E-state index contributed by atoms with van der Waals surface area (Å²) >= 11 is 0. The van der Waals surface area contributed by atoms with E-state index < -0.39 is 0 Å². The first-order valence-electron chi connectivity index (χ1n) is 5.59. The van der Waals surface area contributed by atoms with Crippen LogP contribution in [0, 0.1) is 5.92 Å². The van der Waals surface area contributed by atoms with Crippen molar-refractivity contribution in [1.82, 2.24) is 20.5 Å². The molecule has 1 aromatic heterocycles. The lowest BCUT2D eigenvalue weighted by molar-refractivity contribution is 0.0660. The van der Waals surface area contributed by atoms with Crippen LogP contribution in [0.4, 0.5) is 0 Å². The number of amides is 1. The number of aliphatic hydroxyl groups is 1. The summed E-state index contributed by atoms with van der Waals surface area (Å²) < 4.78 is 0. The lowest BCUT2D eigenvalue weighted by Crippen LogP contribution is -2.37. The number of nitrogens with one attached hydrogen (secondary N) is 2. The number of aliphatic hydroxyl groups excluding tert-OH is 1. The normalized spacial score (nSPS) is 25.3. The highest BCUT2D eigenvalue weighted by Crippen LogP contribution is 2.23. The Balaban J connectivity index is 1.80. The molecule has 0 saturated heterocycles. The van der Waals surface area contributed by atoms with Crippen LogP contribution in [0.25, 0.3) is 0 Å². The van der Waals surface area contributed by atoms with Gasteiger partial charge in [-0.15, -0.1) is 0 Å². The van der Waals surface area contributed by atoms with E-state index in [1.54, 1.807) is 0 Å². The number of aromatic nitrogens is 3. The lowest BCUT2D eigenvalue weighted by Gasteiger charge is -2.27. The second-order valence-electron chi connectivity index (χ2n) is 4.16. The summed E-state index contributed by atoms with van der Waals surface area (Å²) in [6, 6.07) is 0. The molecule has 1 heterocycles. The number of hydrogen-bond acceptors (Lipinski definition) is 4. The predicted octanol–water partition coefficient (Wildman–Crippen LogP) is 0.0856. The Kier molecular flexibility index (Phi) is 3.51. The molecule has 2 rings (SSSR count). The van der Waals surface area contributed by atoms with E-state index in [0.29, 0.717) is 6.54 Å². The van der Waals surface area contributed by atoms with Gasteiger partial charge in [-0.2, -0.15) is 5.10 Å². The summed E-state index contributed by atoms with van der Waals surface area (Å²) in [7, 11) is 0. The van der Waals surface area contributed by atoms with Crippen LogP contribution in [-0.2, 0) is 0 Å². The van der Waals surface area contributed by atoms with Gasteiger partial charge in [0.15, 0.2) is 0 Å². The highest BCUT2D eigenvalue weighted by atomic mass is 16.3. The van der Waals surface area contributed by atoms with E-state index in [-0.39, 0.29) is 23.8 Å². The highest BCUT2D eigenvalue weighted by molar-refractivity contribution is 5.90. The molecule has 1 amide bonds. The van der Waals surface area contributed by atoms with Gasteiger partial charge in [0.2, 0.25) is 5.82 Å². The standard InChI is InChI=1S/C10H16N4O2/c15-8-4-2-1-3-7(8)5-11-10(16)9-12-6-13-14-9/h6-8,15H,1-5H2,(H,11,16)(H,12,13,14). The Hall–Kier alpha value is -1.43. The Labute approximate surface area is 93.5 Å². The first kappa shape index (κ1) is 11.1. The highest BCUT2D eigenvalue weighted by Gasteiger charge is 2.23. The molecular weight excluding hydrogens is 208 g/mol. The fourth-order valence-corrected chi connectivity index (χ4v) is 2.05.